The molecule has 2 unspecified atom stereocenters. The molecule has 0 bridgehead atoms. The van der Waals surface area contributed by atoms with Gasteiger partial charge in [0.15, 0.2) is 5.76 Å². The van der Waals surface area contributed by atoms with Gasteiger partial charge in [-0.15, -0.1) is 0 Å². The van der Waals surface area contributed by atoms with Gasteiger partial charge in [0.2, 0.25) is 0 Å². The molecule has 0 spiro atoms. The lowest BCUT2D eigenvalue weighted by molar-refractivity contribution is 0.0809. The summed E-state index contributed by atoms with van der Waals surface area (Å²) in [4.78, 5) is 6.35. The number of aliphatic hydroxyl groups excluding tert-OH is 3. The predicted octanol–water partition coefficient (Wildman–Crippen LogP) is 1.52. The first-order chi connectivity index (χ1) is 16.1. The number of rotatable bonds is 7. The molecule has 1 aromatic carbocycles. The highest BCUT2D eigenvalue weighted by molar-refractivity contribution is 5.59. The van der Waals surface area contributed by atoms with Crippen LogP contribution in [0.25, 0.3) is 11.3 Å². The Morgan fingerprint density at radius 2 is 1.88 bits per heavy atom. The molecule has 1 aliphatic heterocycles. The van der Waals surface area contributed by atoms with Crippen molar-refractivity contribution in [1.82, 2.24) is 19.6 Å². The van der Waals surface area contributed by atoms with E-state index in [4.69, 9.17) is 4.52 Å². The molecule has 0 radical (unpaired) electrons. The number of aliphatic hydroxyl groups is 3. The van der Waals surface area contributed by atoms with E-state index in [0.717, 1.165) is 29.9 Å². The van der Waals surface area contributed by atoms with Crippen LogP contribution >= 0.6 is 0 Å². The van der Waals surface area contributed by atoms with Gasteiger partial charge < -0.3 is 24.4 Å². The van der Waals surface area contributed by atoms with Gasteiger partial charge in [-0.3, -0.25) is 4.90 Å². The van der Waals surface area contributed by atoms with Crippen LogP contribution in [0.15, 0.2) is 47.2 Å². The van der Waals surface area contributed by atoms with E-state index in [9.17, 15) is 15.3 Å². The van der Waals surface area contributed by atoms with Crippen molar-refractivity contribution in [2.24, 2.45) is 17.8 Å². The summed E-state index contributed by atoms with van der Waals surface area (Å²) in [6, 6.07) is 9.70. The summed E-state index contributed by atoms with van der Waals surface area (Å²) < 4.78 is 7.38. The zero-order chi connectivity index (χ0) is 22.9. The van der Waals surface area contributed by atoms with Crippen LogP contribution < -0.4 is 0 Å². The van der Waals surface area contributed by atoms with Gasteiger partial charge in [-0.25, -0.2) is 4.98 Å². The summed E-state index contributed by atoms with van der Waals surface area (Å²) in [5, 5.41) is 32.7. The molecule has 172 valence electrons. The van der Waals surface area contributed by atoms with Crippen molar-refractivity contribution in [3.05, 3.63) is 59.8 Å². The van der Waals surface area contributed by atoms with Gasteiger partial charge in [0.05, 0.1) is 25.8 Å². The molecule has 5 rings (SSSR count). The van der Waals surface area contributed by atoms with E-state index in [1.54, 1.807) is 13.1 Å². The van der Waals surface area contributed by atoms with Gasteiger partial charge in [0, 0.05) is 48.6 Å². The quantitative estimate of drug-likeness (QED) is 0.471. The molecule has 8 heteroatoms. The van der Waals surface area contributed by atoms with E-state index in [-0.39, 0.29) is 19.3 Å². The lowest BCUT2D eigenvalue weighted by Gasteiger charge is -2.25. The van der Waals surface area contributed by atoms with Crippen LogP contribution in [-0.2, 0) is 6.54 Å². The molecule has 3 atom stereocenters. The number of likely N-dealkylation sites (tertiary alicyclic amines) is 1. The van der Waals surface area contributed by atoms with Gasteiger partial charge in [-0.1, -0.05) is 17.0 Å². The van der Waals surface area contributed by atoms with Gasteiger partial charge in [-0.2, -0.15) is 0 Å². The molecule has 2 fully saturated rings. The van der Waals surface area contributed by atoms with Gasteiger partial charge >= 0.3 is 0 Å². The molecule has 0 amide bonds. The summed E-state index contributed by atoms with van der Waals surface area (Å²) in [5.74, 6) is 9.48. The average molecular weight is 449 g/mol. The van der Waals surface area contributed by atoms with Gasteiger partial charge in [0.1, 0.15) is 17.6 Å². The molecule has 3 heterocycles. The Morgan fingerprint density at radius 1 is 1.15 bits per heavy atom. The summed E-state index contributed by atoms with van der Waals surface area (Å²) in [6.07, 6.45) is 2.83. The van der Waals surface area contributed by atoms with Crippen molar-refractivity contribution in [3.8, 4) is 23.2 Å². The minimum Gasteiger partial charge on any atom is -0.395 e. The highest BCUT2D eigenvalue weighted by Gasteiger charge is 2.55. The maximum atomic E-state index is 9.80. The van der Waals surface area contributed by atoms with E-state index in [1.165, 1.54) is 0 Å². The molecule has 2 aromatic heterocycles. The number of fused-ring (bicyclic) bond motifs is 1. The van der Waals surface area contributed by atoms with Crippen molar-refractivity contribution in [3.63, 3.8) is 0 Å². The van der Waals surface area contributed by atoms with E-state index < -0.39 is 6.10 Å². The monoisotopic (exact) mass is 448 g/mol. The van der Waals surface area contributed by atoms with Crippen LogP contribution in [0.3, 0.4) is 0 Å². The third-order valence-corrected chi connectivity index (χ3v) is 6.73. The van der Waals surface area contributed by atoms with E-state index in [2.05, 4.69) is 26.9 Å². The Hall–Kier alpha value is -2.96. The average Bonchev–Trinajstić information content (AvgIpc) is 3.31. The Labute approximate surface area is 192 Å². The topological polar surface area (TPSA) is 108 Å². The number of aromatic nitrogens is 3. The van der Waals surface area contributed by atoms with Crippen molar-refractivity contribution in [1.29, 1.82) is 0 Å². The van der Waals surface area contributed by atoms with Crippen molar-refractivity contribution >= 4 is 0 Å². The first-order valence-electron chi connectivity index (χ1n) is 11.3. The molecule has 3 N–H and O–H groups in total. The second-order valence-electron chi connectivity index (χ2n) is 8.94. The zero-order valence-electron chi connectivity index (χ0n) is 18.5. The largest absolute Gasteiger partial charge is 0.395 e. The minimum atomic E-state index is -0.646. The maximum absolute atomic E-state index is 9.80. The van der Waals surface area contributed by atoms with Crippen LogP contribution in [0.1, 0.15) is 30.1 Å². The summed E-state index contributed by atoms with van der Waals surface area (Å²) in [5.41, 5.74) is 2.65. The van der Waals surface area contributed by atoms with E-state index in [0.29, 0.717) is 35.9 Å². The second-order valence-corrected chi connectivity index (χ2v) is 8.94. The highest BCUT2D eigenvalue weighted by atomic mass is 16.5. The lowest BCUT2D eigenvalue weighted by Crippen LogP contribution is -2.40. The summed E-state index contributed by atoms with van der Waals surface area (Å²) >= 11 is 0. The first kappa shape index (κ1) is 21.9. The maximum Gasteiger partial charge on any atom is 0.167 e. The number of imidazole rings is 1. The number of hydrogen-bond donors (Lipinski definition) is 3. The number of hydrogen-bond acceptors (Lipinski definition) is 7. The molecule has 8 nitrogen and oxygen atoms in total. The van der Waals surface area contributed by atoms with E-state index in [1.807, 2.05) is 41.1 Å². The van der Waals surface area contributed by atoms with Crippen molar-refractivity contribution < 1.29 is 19.8 Å². The molecular weight excluding hydrogens is 420 g/mol. The minimum absolute atomic E-state index is 0.00220. The Kier molecular flexibility index (Phi) is 6.04. The fourth-order valence-electron chi connectivity index (χ4n) is 4.76. The Bertz CT molecular complexity index is 1140. The fourth-order valence-corrected chi connectivity index (χ4v) is 4.76. The third-order valence-electron chi connectivity index (χ3n) is 6.73. The van der Waals surface area contributed by atoms with Crippen LogP contribution in [0.4, 0.5) is 0 Å². The Morgan fingerprint density at radius 3 is 2.55 bits per heavy atom. The third kappa shape index (κ3) is 4.45. The molecule has 2 aliphatic rings. The normalized spacial score (nSPS) is 22.8. The standard InChI is InChI=1S/C25H28N4O4/c1-16(32)25-26-8-9-28(25)11-19-10-24(33-27-19)18-5-2-17(3-6-18)4-7-21-22-12-29(13-23(21)22)20(14-30)15-31/h2-3,5-6,8-10,16,20-23,30-32H,11-15H2,1H3/t16-,21?,22?,23?/m0/s1. The summed E-state index contributed by atoms with van der Waals surface area (Å²) in [6.45, 7) is 3.97. The highest BCUT2D eigenvalue weighted by Crippen LogP contribution is 2.51. The first-order valence-corrected chi connectivity index (χ1v) is 11.3. The van der Waals surface area contributed by atoms with Crippen LogP contribution in [0.5, 0.6) is 0 Å². The fraction of sp³-hybridized carbons (Fsp3) is 0.440. The van der Waals surface area contributed by atoms with Crippen LogP contribution in [0.2, 0.25) is 0 Å². The Balaban J connectivity index is 1.19. The number of nitrogens with zero attached hydrogens (tertiary/aromatic N) is 4. The lowest BCUT2D eigenvalue weighted by atomic mass is 10.1. The SMILES string of the molecule is C[C@H](O)c1nccn1Cc1cc(-c2ccc(C#CC3C4CN(C(CO)CO)CC34)cc2)on1. The second kappa shape index (κ2) is 9.12. The van der Waals surface area contributed by atoms with E-state index >= 15 is 0 Å². The molecule has 33 heavy (non-hydrogen) atoms. The molecule has 3 aromatic rings. The molecule has 1 saturated heterocycles. The molecular formula is C25H28N4O4. The van der Waals surface area contributed by atoms with Crippen molar-refractivity contribution in [2.75, 3.05) is 26.3 Å². The van der Waals surface area contributed by atoms with Crippen molar-refractivity contribution in [2.45, 2.75) is 25.6 Å². The van der Waals surface area contributed by atoms with Gasteiger partial charge in [0.25, 0.3) is 0 Å². The summed E-state index contributed by atoms with van der Waals surface area (Å²) in [7, 11) is 0. The number of benzene rings is 1. The van der Waals surface area contributed by atoms with Crippen LogP contribution in [0, 0.1) is 29.6 Å². The molecule has 1 saturated carbocycles. The number of piperidine rings is 1. The van der Waals surface area contributed by atoms with Gasteiger partial charge in [-0.05, 0) is 43.0 Å². The zero-order valence-corrected chi connectivity index (χ0v) is 18.5. The van der Waals surface area contributed by atoms with Crippen LogP contribution in [-0.4, -0.2) is 67.3 Å². The predicted molar refractivity (Wildman–Crippen MR) is 121 cm³/mol. The molecule has 1 aliphatic carbocycles. The smallest absolute Gasteiger partial charge is 0.167 e.